The number of fused-ring (bicyclic) bond motifs is 1. The molecule has 0 aliphatic carbocycles. The van der Waals surface area contributed by atoms with Crippen LogP contribution in [-0.4, -0.2) is 40.7 Å². The van der Waals surface area contributed by atoms with E-state index in [0.29, 0.717) is 12.6 Å². The number of benzene rings is 1. The normalized spacial score (nSPS) is 14.9. The van der Waals surface area contributed by atoms with Crippen LogP contribution in [0, 0.1) is 20.8 Å². The standard InChI is InChI=1S/C20H24N6S/c1-13-9-17-15(3)23-20(24-18(17)10-14(13)2)25-19-21-11-26(12-22-19)7-6-16-5-4-8-27-16/h4-5,8-10H,6-7,11-12H2,1-3H3,(H2,21,22,23,24,25). The lowest BCUT2D eigenvalue weighted by Gasteiger charge is -2.26. The number of guanidine groups is 1. The predicted octanol–water partition coefficient (Wildman–Crippen LogP) is 3.45. The van der Waals surface area contributed by atoms with Gasteiger partial charge in [0.2, 0.25) is 11.9 Å². The molecule has 1 aliphatic heterocycles. The highest BCUT2D eigenvalue weighted by atomic mass is 32.1. The molecule has 0 fully saturated rings. The van der Waals surface area contributed by atoms with E-state index in [0.717, 1.165) is 42.2 Å². The van der Waals surface area contributed by atoms with Gasteiger partial charge >= 0.3 is 0 Å². The Balaban J connectivity index is 1.42. The molecule has 2 aromatic heterocycles. The lowest BCUT2D eigenvalue weighted by atomic mass is 10.1. The molecule has 1 aliphatic rings. The first kappa shape index (κ1) is 17.9. The van der Waals surface area contributed by atoms with Crippen LogP contribution >= 0.6 is 11.3 Å². The fourth-order valence-electron chi connectivity index (χ4n) is 3.12. The van der Waals surface area contributed by atoms with Crippen molar-refractivity contribution < 1.29 is 0 Å². The van der Waals surface area contributed by atoms with Gasteiger partial charge in [-0.3, -0.25) is 10.2 Å². The molecule has 27 heavy (non-hydrogen) atoms. The molecule has 3 aromatic rings. The molecular formula is C20H24N6S. The van der Waals surface area contributed by atoms with Crippen LogP contribution in [0.2, 0.25) is 0 Å². The molecule has 0 atom stereocenters. The smallest absolute Gasteiger partial charge is 0.230 e. The first-order valence-corrected chi connectivity index (χ1v) is 10.0. The van der Waals surface area contributed by atoms with Gasteiger partial charge in [-0.05, 0) is 61.9 Å². The zero-order valence-corrected chi connectivity index (χ0v) is 16.7. The quantitative estimate of drug-likeness (QED) is 0.726. The Morgan fingerprint density at radius 3 is 2.78 bits per heavy atom. The minimum atomic E-state index is 0.585. The number of hydrogen-bond acceptors (Lipinski definition) is 7. The highest BCUT2D eigenvalue weighted by Crippen LogP contribution is 2.21. The zero-order chi connectivity index (χ0) is 18.8. The summed E-state index contributed by atoms with van der Waals surface area (Å²) in [5, 5.41) is 9.78. The lowest BCUT2D eigenvalue weighted by molar-refractivity contribution is 0.269. The monoisotopic (exact) mass is 380 g/mol. The molecule has 1 aromatic carbocycles. The Labute approximate surface area is 163 Å². The van der Waals surface area contributed by atoms with E-state index in [1.54, 1.807) is 11.3 Å². The van der Waals surface area contributed by atoms with Crippen LogP contribution in [0.5, 0.6) is 0 Å². The summed E-state index contributed by atoms with van der Waals surface area (Å²) < 4.78 is 0. The van der Waals surface area contributed by atoms with E-state index in [1.807, 2.05) is 6.92 Å². The Morgan fingerprint density at radius 1 is 1.19 bits per heavy atom. The molecule has 0 saturated carbocycles. The molecule has 0 saturated heterocycles. The Bertz CT molecular complexity index is 980. The second-order valence-electron chi connectivity index (χ2n) is 6.92. The van der Waals surface area contributed by atoms with Gasteiger partial charge in [-0.25, -0.2) is 15.0 Å². The van der Waals surface area contributed by atoms with Crippen molar-refractivity contribution >= 4 is 34.1 Å². The molecule has 0 unspecified atom stereocenters. The summed E-state index contributed by atoms with van der Waals surface area (Å²) >= 11 is 1.81. The first-order chi connectivity index (χ1) is 13.1. The van der Waals surface area contributed by atoms with E-state index < -0.39 is 0 Å². The third kappa shape index (κ3) is 4.09. The van der Waals surface area contributed by atoms with Gasteiger partial charge < -0.3 is 5.32 Å². The number of anilines is 1. The Hall–Kier alpha value is -2.51. The first-order valence-electron chi connectivity index (χ1n) is 9.14. The van der Waals surface area contributed by atoms with Crippen molar-refractivity contribution in [3.8, 4) is 0 Å². The Morgan fingerprint density at radius 2 is 2.04 bits per heavy atom. The summed E-state index contributed by atoms with van der Waals surface area (Å²) in [5.74, 6) is 1.31. The molecule has 6 nitrogen and oxygen atoms in total. The highest BCUT2D eigenvalue weighted by molar-refractivity contribution is 7.09. The van der Waals surface area contributed by atoms with Gasteiger partial charge in [0.15, 0.2) is 0 Å². The van der Waals surface area contributed by atoms with Crippen molar-refractivity contribution in [1.29, 1.82) is 0 Å². The molecule has 2 N–H and O–H groups in total. The average Bonchev–Trinajstić information content (AvgIpc) is 3.17. The molecule has 4 rings (SSSR count). The van der Waals surface area contributed by atoms with E-state index >= 15 is 0 Å². The second kappa shape index (κ2) is 7.62. The van der Waals surface area contributed by atoms with Crippen LogP contribution in [0.15, 0.2) is 34.6 Å². The fourth-order valence-corrected chi connectivity index (χ4v) is 3.82. The van der Waals surface area contributed by atoms with Gasteiger partial charge in [0.1, 0.15) is 0 Å². The molecule has 7 heteroatoms. The van der Waals surface area contributed by atoms with Crippen LogP contribution < -0.4 is 10.6 Å². The number of aliphatic imine (C=N–C) groups is 1. The number of thiophene rings is 1. The summed E-state index contributed by atoms with van der Waals surface area (Å²) in [4.78, 5) is 17.5. The minimum Gasteiger partial charge on any atom is -0.343 e. The molecular weight excluding hydrogens is 356 g/mol. The summed E-state index contributed by atoms with van der Waals surface area (Å²) in [7, 11) is 0. The van der Waals surface area contributed by atoms with E-state index in [4.69, 9.17) is 0 Å². The molecule has 3 heterocycles. The number of aromatic nitrogens is 2. The van der Waals surface area contributed by atoms with Crippen LogP contribution in [0.3, 0.4) is 0 Å². The predicted molar refractivity (Wildman–Crippen MR) is 112 cm³/mol. The van der Waals surface area contributed by atoms with Crippen LogP contribution in [0.1, 0.15) is 21.7 Å². The largest absolute Gasteiger partial charge is 0.343 e. The van der Waals surface area contributed by atoms with E-state index in [2.05, 4.69) is 74.0 Å². The number of aryl methyl sites for hydroxylation is 3. The number of nitrogens with one attached hydrogen (secondary N) is 2. The fraction of sp³-hybridized carbons (Fsp3) is 0.350. The Kier molecular flexibility index (Phi) is 5.05. The third-order valence-corrected chi connectivity index (χ3v) is 5.82. The van der Waals surface area contributed by atoms with Gasteiger partial charge in [0.05, 0.1) is 24.5 Å². The van der Waals surface area contributed by atoms with Gasteiger partial charge in [0, 0.05) is 16.8 Å². The second-order valence-corrected chi connectivity index (χ2v) is 7.95. The zero-order valence-electron chi connectivity index (χ0n) is 15.9. The third-order valence-electron chi connectivity index (χ3n) is 4.89. The topological polar surface area (TPSA) is 65.4 Å². The maximum absolute atomic E-state index is 4.67. The lowest BCUT2D eigenvalue weighted by Crippen LogP contribution is -2.46. The van der Waals surface area contributed by atoms with Crippen LogP contribution in [-0.2, 0) is 6.42 Å². The maximum atomic E-state index is 4.67. The van der Waals surface area contributed by atoms with Gasteiger partial charge in [-0.15, -0.1) is 11.3 Å². The van der Waals surface area contributed by atoms with Crippen molar-refractivity contribution in [2.75, 3.05) is 25.2 Å². The summed E-state index contributed by atoms with van der Waals surface area (Å²) in [6.45, 7) is 8.68. The van der Waals surface area contributed by atoms with Crippen molar-refractivity contribution in [3.05, 3.63) is 51.3 Å². The number of rotatable bonds is 4. The summed E-state index contributed by atoms with van der Waals surface area (Å²) in [5.41, 5.74) is 4.43. The SMILES string of the molecule is Cc1cc2nc(NC3=NCN(CCc4cccs4)CN3)nc(C)c2cc1C. The van der Waals surface area contributed by atoms with Crippen molar-refractivity contribution in [3.63, 3.8) is 0 Å². The molecule has 0 bridgehead atoms. The summed E-state index contributed by atoms with van der Waals surface area (Å²) in [6.07, 6.45) is 1.06. The van der Waals surface area contributed by atoms with Crippen LogP contribution in [0.4, 0.5) is 5.95 Å². The van der Waals surface area contributed by atoms with Crippen molar-refractivity contribution in [2.45, 2.75) is 27.2 Å². The molecule has 0 spiro atoms. The minimum absolute atomic E-state index is 0.585. The molecule has 140 valence electrons. The van der Waals surface area contributed by atoms with Gasteiger partial charge in [0.25, 0.3) is 0 Å². The number of nitrogens with zero attached hydrogens (tertiary/aromatic N) is 4. The van der Waals surface area contributed by atoms with Gasteiger partial charge in [-0.2, -0.15) is 0 Å². The molecule has 0 radical (unpaired) electrons. The average molecular weight is 381 g/mol. The van der Waals surface area contributed by atoms with E-state index in [-0.39, 0.29) is 0 Å². The highest BCUT2D eigenvalue weighted by Gasteiger charge is 2.14. The number of hydrogen-bond donors (Lipinski definition) is 2. The van der Waals surface area contributed by atoms with Crippen molar-refractivity contribution in [1.82, 2.24) is 20.2 Å². The summed E-state index contributed by atoms with van der Waals surface area (Å²) in [6, 6.07) is 8.56. The van der Waals surface area contributed by atoms with Crippen molar-refractivity contribution in [2.24, 2.45) is 4.99 Å². The van der Waals surface area contributed by atoms with Gasteiger partial charge in [-0.1, -0.05) is 6.07 Å². The molecule has 0 amide bonds. The van der Waals surface area contributed by atoms with Crippen LogP contribution in [0.25, 0.3) is 10.9 Å². The maximum Gasteiger partial charge on any atom is 0.230 e. The van der Waals surface area contributed by atoms with E-state index in [9.17, 15) is 0 Å². The van der Waals surface area contributed by atoms with E-state index in [1.165, 1.54) is 16.0 Å².